The van der Waals surface area contributed by atoms with Crippen LogP contribution in [0, 0.1) is 5.92 Å². The monoisotopic (exact) mass is 414 g/mol. The Labute approximate surface area is 169 Å². The van der Waals surface area contributed by atoms with E-state index < -0.39 is 36.4 Å². The first-order chi connectivity index (χ1) is 13.8. The summed E-state index contributed by atoms with van der Waals surface area (Å²) < 4.78 is 22.0. The highest BCUT2D eigenvalue weighted by molar-refractivity contribution is 5.78. The fourth-order valence-electron chi connectivity index (χ4n) is 3.01. The van der Waals surface area contributed by atoms with Gasteiger partial charge in [-0.3, -0.25) is 19.2 Å². The maximum absolute atomic E-state index is 12.0. The summed E-state index contributed by atoms with van der Waals surface area (Å²) in [5.41, 5.74) is 0. The predicted molar refractivity (Wildman–Crippen MR) is 99.6 cm³/mol. The molecule has 164 valence electrons. The van der Waals surface area contributed by atoms with Gasteiger partial charge in [0.2, 0.25) is 11.8 Å². The summed E-state index contributed by atoms with van der Waals surface area (Å²) in [5, 5.41) is 5.26. The second kappa shape index (κ2) is 11.1. The van der Waals surface area contributed by atoms with E-state index in [1.54, 1.807) is 20.8 Å². The van der Waals surface area contributed by atoms with E-state index in [0.717, 1.165) is 0 Å². The van der Waals surface area contributed by atoms with Crippen molar-refractivity contribution in [3.05, 3.63) is 0 Å². The number of hydrogen-bond donors (Lipinski definition) is 2. The van der Waals surface area contributed by atoms with E-state index in [0.29, 0.717) is 6.42 Å². The molecule has 0 saturated carbocycles. The summed E-state index contributed by atoms with van der Waals surface area (Å²) >= 11 is 0. The van der Waals surface area contributed by atoms with Crippen LogP contribution in [0.15, 0.2) is 0 Å². The Kier molecular flexibility index (Phi) is 8.84. The number of hydrogen-bond acceptors (Lipinski definition) is 8. The summed E-state index contributed by atoms with van der Waals surface area (Å²) in [7, 11) is 0. The SMILES string of the molecule is CCC(=O)NCCC(=O)O[C@@H]1CO[C@H]2[C@@H]1OC[C@H]2OC(=O)CCNC(=O)C(C)C. The molecule has 0 unspecified atom stereocenters. The van der Waals surface area contributed by atoms with Crippen LogP contribution in [0.4, 0.5) is 0 Å². The molecule has 2 saturated heterocycles. The van der Waals surface area contributed by atoms with Crippen LogP contribution in [0.2, 0.25) is 0 Å². The Balaban J connectivity index is 1.69. The van der Waals surface area contributed by atoms with Gasteiger partial charge in [0, 0.05) is 25.4 Å². The Morgan fingerprint density at radius 1 is 0.897 bits per heavy atom. The number of carbonyl (C=O) groups excluding carboxylic acids is 4. The molecule has 0 spiro atoms. The van der Waals surface area contributed by atoms with E-state index in [1.165, 1.54) is 0 Å². The van der Waals surface area contributed by atoms with Crippen molar-refractivity contribution in [2.45, 2.75) is 64.4 Å². The fraction of sp³-hybridized carbons (Fsp3) is 0.789. The topological polar surface area (TPSA) is 129 Å². The quantitative estimate of drug-likeness (QED) is 0.466. The average Bonchev–Trinajstić information content (AvgIpc) is 3.25. The van der Waals surface area contributed by atoms with Gasteiger partial charge in [-0.25, -0.2) is 0 Å². The lowest BCUT2D eigenvalue weighted by Crippen LogP contribution is -2.37. The Morgan fingerprint density at radius 3 is 1.83 bits per heavy atom. The zero-order valence-corrected chi connectivity index (χ0v) is 17.1. The summed E-state index contributed by atoms with van der Waals surface area (Å²) in [6.07, 6.45) is -1.70. The van der Waals surface area contributed by atoms with Gasteiger partial charge in [-0.05, 0) is 0 Å². The van der Waals surface area contributed by atoms with E-state index in [-0.39, 0.29) is 56.9 Å². The lowest BCUT2D eigenvalue weighted by molar-refractivity contribution is -0.155. The van der Waals surface area contributed by atoms with E-state index in [1.807, 2.05) is 0 Å². The number of rotatable bonds is 10. The Hall–Kier alpha value is -2.20. The van der Waals surface area contributed by atoms with E-state index in [4.69, 9.17) is 18.9 Å². The molecule has 2 fully saturated rings. The van der Waals surface area contributed by atoms with E-state index in [9.17, 15) is 19.2 Å². The van der Waals surface area contributed by atoms with Gasteiger partial charge in [-0.2, -0.15) is 0 Å². The van der Waals surface area contributed by atoms with Gasteiger partial charge in [-0.1, -0.05) is 20.8 Å². The van der Waals surface area contributed by atoms with Crippen LogP contribution in [-0.4, -0.2) is 74.5 Å². The number of esters is 2. The third-order valence-electron chi connectivity index (χ3n) is 4.65. The highest BCUT2D eigenvalue weighted by Crippen LogP contribution is 2.30. The molecular formula is C19H30N2O8. The van der Waals surface area contributed by atoms with Crippen LogP contribution in [0.5, 0.6) is 0 Å². The van der Waals surface area contributed by atoms with E-state index in [2.05, 4.69) is 10.6 Å². The van der Waals surface area contributed by atoms with Gasteiger partial charge in [0.15, 0.2) is 12.2 Å². The zero-order chi connectivity index (χ0) is 21.4. The van der Waals surface area contributed by atoms with E-state index >= 15 is 0 Å². The smallest absolute Gasteiger partial charge is 0.308 e. The zero-order valence-electron chi connectivity index (χ0n) is 17.1. The lowest BCUT2D eigenvalue weighted by Gasteiger charge is -2.17. The molecule has 0 aromatic carbocycles. The summed E-state index contributed by atoms with van der Waals surface area (Å²) in [6, 6.07) is 0. The maximum atomic E-state index is 12.0. The standard InChI is InChI=1S/C19H30N2O8/c1-4-14(22)20-7-5-15(23)28-12-9-26-18-13(10-27-17(12)18)29-16(24)6-8-21-19(25)11(2)3/h11-13,17-18H,4-10H2,1-3H3,(H,20,22)(H,21,25)/t12-,13-,17-,18-/m1/s1. The van der Waals surface area contributed by atoms with Crippen molar-refractivity contribution in [3.8, 4) is 0 Å². The van der Waals surface area contributed by atoms with Gasteiger partial charge >= 0.3 is 11.9 Å². The highest BCUT2D eigenvalue weighted by atomic mass is 16.7. The maximum Gasteiger partial charge on any atom is 0.308 e. The number of nitrogens with one attached hydrogen (secondary N) is 2. The largest absolute Gasteiger partial charge is 0.457 e. The van der Waals surface area contributed by atoms with Crippen LogP contribution in [0.1, 0.15) is 40.0 Å². The second-order valence-electron chi connectivity index (χ2n) is 7.30. The molecule has 0 aliphatic carbocycles. The molecule has 10 nitrogen and oxygen atoms in total. The van der Waals surface area contributed by atoms with Gasteiger partial charge < -0.3 is 29.6 Å². The minimum Gasteiger partial charge on any atom is -0.457 e. The number of amides is 2. The molecule has 29 heavy (non-hydrogen) atoms. The van der Waals surface area contributed by atoms with Crippen LogP contribution in [-0.2, 0) is 38.1 Å². The Morgan fingerprint density at radius 2 is 1.38 bits per heavy atom. The molecule has 4 atom stereocenters. The summed E-state index contributed by atoms with van der Waals surface area (Å²) in [4.78, 5) is 46.6. The van der Waals surface area contributed by atoms with Crippen molar-refractivity contribution in [2.75, 3.05) is 26.3 Å². The number of fused-ring (bicyclic) bond motifs is 1. The molecule has 2 heterocycles. The predicted octanol–water partition coefficient (Wildman–Crippen LogP) is -0.314. The van der Waals surface area contributed by atoms with Gasteiger partial charge in [0.1, 0.15) is 12.2 Å². The third-order valence-corrected chi connectivity index (χ3v) is 4.65. The molecule has 2 rings (SSSR count). The van der Waals surface area contributed by atoms with Crippen LogP contribution >= 0.6 is 0 Å². The molecular weight excluding hydrogens is 384 g/mol. The highest BCUT2D eigenvalue weighted by Gasteiger charge is 2.51. The molecule has 10 heteroatoms. The molecule has 0 aromatic heterocycles. The van der Waals surface area contributed by atoms with Gasteiger partial charge in [0.25, 0.3) is 0 Å². The van der Waals surface area contributed by atoms with Crippen LogP contribution in [0.3, 0.4) is 0 Å². The van der Waals surface area contributed by atoms with Crippen LogP contribution in [0.25, 0.3) is 0 Å². The Bertz CT molecular complexity index is 609. The molecule has 2 aliphatic heterocycles. The van der Waals surface area contributed by atoms with Crippen molar-refractivity contribution in [1.29, 1.82) is 0 Å². The van der Waals surface area contributed by atoms with Crippen molar-refractivity contribution < 1.29 is 38.1 Å². The number of carbonyl (C=O) groups is 4. The van der Waals surface area contributed by atoms with Crippen molar-refractivity contribution in [3.63, 3.8) is 0 Å². The van der Waals surface area contributed by atoms with Crippen LogP contribution < -0.4 is 10.6 Å². The lowest BCUT2D eigenvalue weighted by atomic mass is 10.1. The normalized spacial score (nSPS) is 25.4. The second-order valence-corrected chi connectivity index (χ2v) is 7.30. The first-order valence-corrected chi connectivity index (χ1v) is 9.98. The summed E-state index contributed by atoms with van der Waals surface area (Å²) in [5.74, 6) is -1.32. The average molecular weight is 414 g/mol. The van der Waals surface area contributed by atoms with Gasteiger partial charge in [0.05, 0.1) is 26.1 Å². The molecule has 0 radical (unpaired) electrons. The van der Waals surface area contributed by atoms with Gasteiger partial charge in [-0.15, -0.1) is 0 Å². The molecule has 0 aromatic rings. The fourth-order valence-corrected chi connectivity index (χ4v) is 3.01. The number of ether oxygens (including phenoxy) is 4. The van der Waals surface area contributed by atoms with Crippen molar-refractivity contribution >= 4 is 23.8 Å². The van der Waals surface area contributed by atoms with Crippen molar-refractivity contribution in [2.24, 2.45) is 5.92 Å². The molecule has 2 N–H and O–H groups in total. The first kappa shape index (κ1) is 23.1. The molecule has 0 bridgehead atoms. The van der Waals surface area contributed by atoms with Crippen molar-refractivity contribution in [1.82, 2.24) is 10.6 Å². The molecule has 2 amide bonds. The summed E-state index contributed by atoms with van der Waals surface area (Å²) in [6.45, 7) is 5.99. The third kappa shape index (κ3) is 6.97. The first-order valence-electron chi connectivity index (χ1n) is 9.98. The minimum atomic E-state index is -0.583. The molecule has 2 aliphatic rings. The minimum absolute atomic E-state index is 0.0498.